The Bertz CT molecular complexity index is 1060. The van der Waals surface area contributed by atoms with Crippen molar-refractivity contribution in [1.82, 2.24) is 9.88 Å². The number of anilines is 1. The first kappa shape index (κ1) is 22.5. The zero-order valence-corrected chi connectivity index (χ0v) is 19.8. The van der Waals surface area contributed by atoms with Crippen molar-refractivity contribution in [2.24, 2.45) is 5.92 Å². The lowest BCUT2D eigenvalue weighted by atomic mass is 9.85. The number of benzene rings is 2. The van der Waals surface area contributed by atoms with Gasteiger partial charge in [0.25, 0.3) is 0 Å². The molecule has 4 rings (SSSR count). The molecule has 0 amide bonds. The van der Waals surface area contributed by atoms with Gasteiger partial charge in [0, 0.05) is 37.1 Å². The summed E-state index contributed by atoms with van der Waals surface area (Å²) >= 11 is 1.64. The van der Waals surface area contributed by atoms with Gasteiger partial charge < -0.3 is 14.9 Å². The Morgan fingerprint density at radius 2 is 1.78 bits per heavy atom. The van der Waals surface area contributed by atoms with E-state index in [4.69, 9.17) is 4.98 Å². The van der Waals surface area contributed by atoms with Gasteiger partial charge in [-0.25, -0.2) is 4.98 Å². The second kappa shape index (κ2) is 9.84. The average molecular weight is 450 g/mol. The standard InChI is InChI=1S/C26H31N3O2S/c1-18(2)15-23(25(30)31)22-16-20(19-7-5-4-6-8-19)9-10-21(22)24-17-32-26(27-24)29-13-11-28(3)12-14-29/h4-10,16-18,23H,11-15H2,1-3H3,(H,30,31). The first-order chi connectivity index (χ1) is 15.4. The minimum Gasteiger partial charge on any atom is -0.481 e. The smallest absolute Gasteiger partial charge is 0.311 e. The highest BCUT2D eigenvalue weighted by molar-refractivity contribution is 7.14. The van der Waals surface area contributed by atoms with Crippen molar-refractivity contribution in [3.05, 3.63) is 59.5 Å². The maximum Gasteiger partial charge on any atom is 0.311 e. The molecule has 2 aromatic carbocycles. The van der Waals surface area contributed by atoms with Crippen molar-refractivity contribution in [1.29, 1.82) is 0 Å². The maximum atomic E-state index is 12.3. The Balaban J connectivity index is 1.75. The number of carbonyl (C=O) groups is 1. The van der Waals surface area contributed by atoms with Crippen molar-refractivity contribution >= 4 is 22.4 Å². The van der Waals surface area contributed by atoms with E-state index in [1.165, 1.54) is 0 Å². The Kier molecular flexibility index (Phi) is 6.92. The molecule has 0 saturated carbocycles. The highest BCUT2D eigenvalue weighted by Crippen LogP contribution is 2.38. The first-order valence-electron chi connectivity index (χ1n) is 11.2. The molecule has 0 bridgehead atoms. The van der Waals surface area contributed by atoms with Gasteiger partial charge in [0.1, 0.15) is 0 Å². The summed E-state index contributed by atoms with van der Waals surface area (Å²) in [5, 5.41) is 13.2. The quantitative estimate of drug-likeness (QED) is 0.520. The number of carboxylic acid groups (broad SMARTS) is 1. The summed E-state index contributed by atoms with van der Waals surface area (Å²) in [6.07, 6.45) is 0.593. The lowest BCUT2D eigenvalue weighted by Gasteiger charge is -2.32. The van der Waals surface area contributed by atoms with Gasteiger partial charge in [-0.1, -0.05) is 56.3 Å². The molecule has 1 aliphatic heterocycles. The average Bonchev–Trinajstić information content (AvgIpc) is 3.28. The Morgan fingerprint density at radius 3 is 2.44 bits per heavy atom. The number of hydrogen-bond acceptors (Lipinski definition) is 5. The summed E-state index contributed by atoms with van der Waals surface area (Å²) in [4.78, 5) is 21.9. The van der Waals surface area contributed by atoms with Crippen LogP contribution in [0.5, 0.6) is 0 Å². The van der Waals surface area contributed by atoms with E-state index in [1.807, 2.05) is 18.2 Å². The number of carboxylic acids is 1. The molecule has 1 fully saturated rings. The van der Waals surface area contributed by atoms with Crippen LogP contribution in [0.15, 0.2) is 53.9 Å². The zero-order chi connectivity index (χ0) is 22.7. The van der Waals surface area contributed by atoms with Crippen LogP contribution in [-0.2, 0) is 4.79 Å². The van der Waals surface area contributed by atoms with E-state index in [9.17, 15) is 9.90 Å². The van der Waals surface area contributed by atoms with Gasteiger partial charge in [-0.3, -0.25) is 4.79 Å². The largest absolute Gasteiger partial charge is 0.481 e. The highest BCUT2D eigenvalue weighted by Gasteiger charge is 2.26. The van der Waals surface area contributed by atoms with E-state index in [2.05, 4.69) is 66.4 Å². The lowest BCUT2D eigenvalue weighted by molar-refractivity contribution is -0.139. The minimum absolute atomic E-state index is 0.278. The molecular weight excluding hydrogens is 418 g/mol. The van der Waals surface area contributed by atoms with Crippen LogP contribution in [0.3, 0.4) is 0 Å². The van der Waals surface area contributed by atoms with E-state index in [1.54, 1.807) is 11.3 Å². The topological polar surface area (TPSA) is 56.7 Å². The van der Waals surface area contributed by atoms with Gasteiger partial charge in [-0.15, -0.1) is 11.3 Å². The van der Waals surface area contributed by atoms with Gasteiger partial charge in [0.15, 0.2) is 5.13 Å². The Labute approximate surface area is 194 Å². The fraction of sp³-hybridized carbons (Fsp3) is 0.385. The molecule has 3 aromatic rings. The molecular formula is C26H31N3O2S. The van der Waals surface area contributed by atoms with Crippen LogP contribution >= 0.6 is 11.3 Å². The summed E-state index contributed by atoms with van der Waals surface area (Å²) in [6, 6.07) is 16.3. The molecule has 1 aliphatic rings. The molecule has 1 saturated heterocycles. The number of piperazine rings is 1. The van der Waals surface area contributed by atoms with E-state index in [0.717, 1.165) is 59.3 Å². The van der Waals surface area contributed by atoms with Gasteiger partial charge in [0.05, 0.1) is 11.6 Å². The van der Waals surface area contributed by atoms with Gasteiger partial charge in [0.2, 0.25) is 0 Å². The van der Waals surface area contributed by atoms with Crippen LogP contribution < -0.4 is 4.90 Å². The summed E-state index contributed by atoms with van der Waals surface area (Å²) < 4.78 is 0. The van der Waals surface area contributed by atoms with E-state index >= 15 is 0 Å². The summed E-state index contributed by atoms with van der Waals surface area (Å²) in [5.41, 5.74) is 4.77. The Hall–Kier alpha value is -2.70. The summed E-state index contributed by atoms with van der Waals surface area (Å²) in [5.74, 6) is -1.07. The van der Waals surface area contributed by atoms with Gasteiger partial charge >= 0.3 is 5.97 Å². The third kappa shape index (κ3) is 5.03. The molecule has 0 spiro atoms. The second-order valence-electron chi connectivity index (χ2n) is 8.99. The third-order valence-electron chi connectivity index (χ3n) is 6.08. The number of aliphatic carboxylic acids is 1. The first-order valence-corrected chi connectivity index (χ1v) is 12.1. The van der Waals surface area contributed by atoms with E-state index in [-0.39, 0.29) is 5.92 Å². The summed E-state index contributed by atoms with van der Waals surface area (Å²) in [7, 11) is 2.14. The molecule has 6 heteroatoms. The molecule has 0 aliphatic carbocycles. The molecule has 1 atom stereocenters. The van der Waals surface area contributed by atoms with Crippen LogP contribution in [0, 0.1) is 5.92 Å². The Morgan fingerprint density at radius 1 is 1.06 bits per heavy atom. The van der Waals surface area contributed by atoms with Crippen LogP contribution in [0.4, 0.5) is 5.13 Å². The minimum atomic E-state index is -0.778. The number of thiazole rings is 1. The number of rotatable bonds is 7. The van der Waals surface area contributed by atoms with Crippen LogP contribution in [0.1, 0.15) is 31.7 Å². The molecule has 1 N–H and O–H groups in total. The van der Waals surface area contributed by atoms with Gasteiger partial charge in [-0.2, -0.15) is 0 Å². The fourth-order valence-corrected chi connectivity index (χ4v) is 5.14. The zero-order valence-electron chi connectivity index (χ0n) is 19.0. The van der Waals surface area contributed by atoms with Crippen LogP contribution in [0.25, 0.3) is 22.4 Å². The van der Waals surface area contributed by atoms with Crippen molar-refractivity contribution in [2.45, 2.75) is 26.2 Å². The third-order valence-corrected chi connectivity index (χ3v) is 6.98. The SMILES string of the molecule is CC(C)CC(C(=O)O)c1cc(-c2ccccc2)ccc1-c1csc(N2CCN(C)CC2)n1. The van der Waals surface area contributed by atoms with Crippen LogP contribution in [-0.4, -0.2) is 54.2 Å². The van der Waals surface area contributed by atoms with Crippen LogP contribution in [0.2, 0.25) is 0 Å². The molecule has 1 aromatic heterocycles. The second-order valence-corrected chi connectivity index (χ2v) is 9.83. The van der Waals surface area contributed by atoms with E-state index in [0.29, 0.717) is 6.42 Å². The molecule has 32 heavy (non-hydrogen) atoms. The molecule has 5 nitrogen and oxygen atoms in total. The maximum absolute atomic E-state index is 12.3. The normalized spacial score (nSPS) is 15.8. The van der Waals surface area contributed by atoms with Crippen molar-refractivity contribution in [3.63, 3.8) is 0 Å². The van der Waals surface area contributed by atoms with Gasteiger partial charge in [-0.05, 0) is 42.1 Å². The van der Waals surface area contributed by atoms with Crippen molar-refractivity contribution in [3.8, 4) is 22.4 Å². The van der Waals surface area contributed by atoms with E-state index < -0.39 is 11.9 Å². The number of hydrogen-bond donors (Lipinski definition) is 1. The number of aromatic nitrogens is 1. The molecule has 168 valence electrons. The van der Waals surface area contributed by atoms with Crippen molar-refractivity contribution < 1.29 is 9.90 Å². The van der Waals surface area contributed by atoms with Crippen molar-refractivity contribution in [2.75, 3.05) is 38.1 Å². The predicted octanol–water partition coefficient (Wildman–Crippen LogP) is 5.44. The number of likely N-dealkylation sites (N-methyl/N-ethyl adjacent to an activating group) is 1. The number of nitrogens with zero attached hydrogens (tertiary/aromatic N) is 3. The predicted molar refractivity (Wildman–Crippen MR) is 133 cm³/mol. The lowest BCUT2D eigenvalue weighted by Crippen LogP contribution is -2.44. The summed E-state index contributed by atoms with van der Waals surface area (Å²) in [6.45, 7) is 8.14. The molecule has 0 radical (unpaired) electrons. The molecule has 1 unspecified atom stereocenters. The molecule has 2 heterocycles. The highest BCUT2D eigenvalue weighted by atomic mass is 32.1. The fourth-order valence-electron chi connectivity index (χ4n) is 4.26. The monoisotopic (exact) mass is 449 g/mol.